The second kappa shape index (κ2) is 7.80. The summed E-state index contributed by atoms with van der Waals surface area (Å²) >= 11 is 0. The lowest BCUT2D eigenvalue weighted by Gasteiger charge is -2.38. The minimum Gasteiger partial charge on any atom is -0.340 e. The number of fused-ring (bicyclic) bond motifs is 5. The highest BCUT2D eigenvalue weighted by atomic mass is 16.5. The van der Waals surface area contributed by atoms with Crippen LogP contribution in [-0.2, 0) is 22.6 Å². The van der Waals surface area contributed by atoms with Gasteiger partial charge in [-0.25, -0.2) is 5.48 Å². The Morgan fingerprint density at radius 3 is 2.62 bits per heavy atom. The van der Waals surface area contributed by atoms with Crippen molar-refractivity contribution in [3.63, 3.8) is 0 Å². The maximum atomic E-state index is 13.2. The number of rotatable bonds is 3. The number of amides is 3. The number of carbonyl (C=O) groups excluding carboxylic acids is 3. The summed E-state index contributed by atoms with van der Waals surface area (Å²) in [5.74, 6) is -0.615. The van der Waals surface area contributed by atoms with Gasteiger partial charge in [-0.2, -0.15) is 0 Å². The van der Waals surface area contributed by atoms with Crippen LogP contribution in [0.2, 0.25) is 0 Å². The minimum absolute atomic E-state index is 0.0143. The Morgan fingerprint density at radius 2 is 1.88 bits per heavy atom. The molecule has 1 fully saturated rings. The fourth-order valence-corrected chi connectivity index (χ4v) is 4.95. The summed E-state index contributed by atoms with van der Waals surface area (Å²) in [7, 11) is 1.69. The van der Waals surface area contributed by atoms with E-state index in [4.69, 9.17) is 5.21 Å². The first-order chi connectivity index (χ1) is 15.5. The lowest BCUT2D eigenvalue weighted by Crippen LogP contribution is -2.53. The average Bonchev–Trinajstić information content (AvgIpc) is 2.96. The molecule has 1 unspecified atom stereocenters. The molecule has 3 heterocycles. The number of hydrogen-bond acceptors (Lipinski definition) is 4. The molecular formula is C24H24N4O4. The van der Waals surface area contributed by atoms with Crippen molar-refractivity contribution in [3.05, 3.63) is 70.9 Å². The van der Waals surface area contributed by atoms with Crippen LogP contribution in [0.15, 0.2) is 48.5 Å². The monoisotopic (exact) mass is 432 g/mol. The molecule has 32 heavy (non-hydrogen) atoms. The topological polar surface area (TPSA) is 94.9 Å². The van der Waals surface area contributed by atoms with Crippen LogP contribution in [0.3, 0.4) is 0 Å². The van der Waals surface area contributed by atoms with Gasteiger partial charge in [-0.1, -0.05) is 30.3 Å². The summed E-state index contributed by atoms with van der Waals surface area (Å²) in [6.45, 7) is 1.26. The van der Waals surface area contributed by atoms with Crippen LogP contribution in [-0.4, -0.2) is 57.4 Å². The normalized spacial score (nSPS) is 18.4. The summed E-state index contributed by atoms with van der Waals surface area (Å²) in [6, 6.07) is 14.5. The van der Waals surface area contributed by atoms with Gasteiger partial charge in [0.2, 0.25) is 11.8 Å². The minimum atomic E-state index is -0.597. The molecule has 0 bridgehead atoms. The molecule has 1 aromatic heterocycles. The predicted octanol–water partition coefficient (Wildman–Crippen LogP) is 2.10. The van der Waals surface area contributed by atoms with Crippen LogP contribution in [0.1, 0.15) is 39.6 Å². The number of para-hydroxylation sites is 1. The van der Waals surface area contributed by atoms with Gasteiger partial charge in [0.15, 0.2) is 0 Å². The van der Waals surface area contributed by atoms with Crippen LogP contribution in [0, 0.1) is 0 Å². The predicted molar refractivity (Wildman–Crippen MR) is 117 cm³/mol. The third-order valence-electron chi connectivity index (χ3n) is 6.48. The van der Waals surface area contributed by atoms with Crippen molar-refractivity contribution < 1.29 is 19.6 Å². The van der Waals surface area contributed by atoms with E-state index in [9.17, 15) is 14.4 Å². The van der Waals surface area contributed by atoms with Crippen molar-refractivity contribution >= 4 is 28.6 Å². The van der Waals surface area contributed by atoms with E-state index in [-0.39, 0.29) is 18.4 Å². The number of benzene rings is 2. The van der Waals surface area contributed by atoms with Gasteiger partial charge in [0.05, 0.1) is 6.54 Å². The lowest BCUT2D eigenvalue weighted by molar-refractivity contribution is -0.154. The molecule has 2 aliphatic rings. The van der Waals surface area contributed by atoms with Crippen molar-refractivity contribution in [1.29, 1.82) is 0 Å². The molecule has 3 amide bonds. The van der Waals surface area contributed by atoms with Crippen LogP contribution < -0.4 is 5.48 Å². The van der Waals surface area contributed by atoms with Gasteiger partial charge in [0.1, 0.15) is 6.04 Å². The fourth-order valence-electron chi connectivity index (χ4n) is 4.95. The number of aromatic nitrogens is 1. The van der Waals surface area contributed by atoms with E-state index < -0.39 is 11.9 Å². The first-order valence-corrected chi connectivity index (χ1v) is 10.7. The number of carbonyl (C=O) groups is 3. The number of piperazine rings is 1. The summed E-state index contributed by atoms with van der Waals surface area (Å²) < 4.78 is 2.22. The van der Waals surface area contributed by atoms with E-state index in [0.717, 1.165) is 40.6 Å². The standard InChI is InChI=1S/C24H24N4O4/c1-26-14-20(29)27-12-4-7-19-21(22(27)24(26)31)17-5-2-3-6-18(17)28(19)13-15-8-10-16(11-9-15)23(30)25-32/h2-3,5-6,8-11,22,32H,4,7,12-14H2,1H3,(H,25,30). The second-order valence-electron chi connectivity index (χ2n) is 8.39. The Hall–Kier alpha value is -3.65. The Balaban J connectivity index is 1.63. The Morgan fingerprint density at radius 1 is 1.12 bits per heavy atom. The zero-order chi connectivity index (χ0) is 22.4. The molecular weight excluding hydrogens is 408 g/mol. The third kappa shape index (κ3) is 3.15. The number of nitrogens with one attached hydrogen (secondary N) is 1. The number of hydroxylamine groups is 1. The van der Waals surface area contributed by atoms with Crippen molar-refractivity contribution in [2.75, 3.05) is 20.1 Å². The molecule has 2 aromatic carbocycles. The van der Waals surface area contributed by atoms with Crippen LogP contribution in [0.25, 0.3) is 10.9 Å². The molecule has 1 atom stereocenters. The van der Waals surface area contributed by atoms with E-state index in [2.05, 4.69) is 4.57 Å². The van der Waals surface area contributed by atoms with Crippen LogP contribution in [0.4, 0.5) is 0 Å². The van der Waals surface area contributed by atoms with Gasteiger partial charge in [-0.15, -0.1) is 0 Å². The molecule has 2 N–H and O–H groups in total. The lowest BCUT2D eigenvalue weighted by atomic mass is 9.98. The third-order valence-corrected chi connectivity index (χ3v) is 6.48. The summed E-state index contributed by atoms with van der Waals surface area (Å²) in [5.41, 5.74) is 6.03. The molecule has 164 valence electrons. The molecule has 1 saturated heterocycles. The number of likely N-dealkylation sites (N-methyl/N-ethyl adjacent to an activating group) is 1. The van der Waals surface area contributed by atoms with Gasteiger partial charge in [-0.05, 0) is 36.6 Å². The first kappa shape index (κ1) is 20.3. The molecule has 0 radical (unpaired) electrons. The van der Waals surface area contributed by atoms with Crippen LogP contribution in [0.5, 0.6) is 0 Å². The first-order valence-electron chi connectivity index (χ1n) is 10.7. The fraction of sp³-hybridized carbons (Fsp3) is 0.292. The molecule has 0 aliphatic carbocycles. The maximum Gasteiger partial charge on any atom is 0.274 e. The van der Waals surface area contributed by atoms with Crippen molar-refractivity contribution in [2.24, 2.45) is 0 Å². The van der Waals surface area contributed by atoms with E-state index in [1.807, 2.05) is 36.4 Å². The van der Waals surface area contributed by atoms with E-state index in [0.29, 0.717) is 18.7 Å². The second-order valence-corrected chi connectivity index (χ2v) is 8.39. The van der Waals surface area contributed by atoms with Crippen molar-refractivity contribution in [2.45, 2.75) is 25.4 Å². The highest BCUT2D eigenvalue weighted by Gasteiger charge is 2.42. The van der Waals surface area contributed by atoms with Gasteiger partial charge >= 0.3 is 0 Å². The summed E-state index contributed by atoms with van der Waals surface area (Å²) in [4.78, 5) is 40.9. The van der Waals surface area contributed by atoms with Gasteiger partial charge in [0, 0.05) is 47.9 Å². The Labute approximate surface area is 185 Å². The molecule has 3 aromatic rings. The van der Waals surface area contributed by atoms with Crippen molar-refractivity contribution in [3.8, 4) is 0 Å². The number of hydrogen-bond donors (Lipinski definition) is 2. The van der Waals surface area contributed by atoms with E-state index >= 15 is 0 Å². The Bertz CT molecular complexity index is 1230. The highest BCUT2D eigenvalue weighted by Crippen LogP contribution is 2.39. The molecule has 0 saturated carbocycles. The van der Waals surface area contributed by atoms with Gasteiger partial charge in [0.25, 0.3) is 5.91 Å². The summed E-state index contributed by atoms with van der Waals surface area (Å²) in [6.07, 6.45) is 1.56. The molecule has 2 aliphatic heterocycles. The average molecular weight is 432 g/mol. The van der Waals surface area contributed by atoms with Gasteiger partial charge < -0.3 is 14.4 Å². The van der Waals surface area contributed by atoms with Gasteiger partial charge in [-0.3, -0.25) is 19.6 Å². The zero-order valence-corrected chi connectivity index (χ0v) is 17.7. The van der Waals surface area contributed by atoms with Crippen LogP contribution >= 0.6 is 0 Å². The number of nitrogens with zero attached hydrogens (tertiary/aromatic N) is 3. The molecule has 0 spiro atoms. The zero-order valence-electron chi connectivity index (χ0n) is 17.7. The highest BCUT2D eigenvalue weighted by molar-refractivity contribution is 6.00. The van der Waals surface area contributed by atoms with Crippen molar-refractivity contribution in [1.82, 2.24) is 19.8 Å². The molecule has 5 rings (SSSR count). The van der Waals surface area contributed by atoms with E-state index in [1.54, 1.807) is 29.6 Å². The SMILES string of the molecule is CN1CC(=O)N2CCCc3c(c4ccccc4n3Cc3ccc(C(=O)NO)cc3)C2C1=O. The smallest absolute Gasteiger partial charge is 0.274 e. The molecule has 8 nitrogen and oxygen atoms in total. The summed E-state index contributed by atoms with van der Waals surface area (Å²) in [5, 5.41) is 9.83. The quantitative estimate of drug-likeness (QED) is 0.490. The van der Waals surface area contributed by atoms with E-state index in [1.165, 1.54) is 4.90 Å². The maximum absolute atomic E-state index is 13.2. The largest absolute Gasteiger partial charge is 0.340 e. The molecule has 8 heteroatoms. The Kier molecular flexibility index (Phi) is 4.94.